The van der Waals surface area contributed by atoms with Gasteiger partial charge in [-0.2, -0.15) is 0 Å². The third-order valence-corrected chi connectivity index (χ3v) is 5.46. The summed E-state index contributed by atoms with van der Waals surface area (Å²) >= 11 is 13.0. The molecule has 0 atom stereocenters. The van der Waals surface area contributed by atoms with Gasteiger partial charge in [0.2, 0.25) is 5.91 Å². The first-order chi connectivity index (χ1) is 14.4. The second kappa shape index (κ2) is 10.3. The standard InChI is InChI=1S/C19H17Cl2N5O3S/c1-26-16(10-29-15-5-3-2-4-14(15)21)22-25-19(26)30-11-17(27)23-24-18(28)12-6-8-13(20)9-7-12/h2-9H,10-11H2,1H3,(H,23,27)(H,24,28). The number of halogens is 2. The number of hydrogen-bond acceptors (Lipinski definition) is 6. The molecule has 0 bridgehead atoms. The van der Waals surface area contributed by atoms with Gasteiger partial charge in [0, 0.05) is 17.6 Å². The van der Waals surface area contributed by atoms with Crippen molar-refractivity contribution >= 4 is 46.8 Å². The minimum absolute atomic E-state index is 0.0399. The third kappa shape index (κ3) is 5.88. The van der Waals surface area contributed by atoms with E-state index in [1.807, 2.05) is 12.1 Å². The Labute approximate surface area is 186 Å². The molecule has 3 aromatic rings. The van der Waals surface area contributed by atoms with Crippen molar-refractivity contribution in [2.75, 3.05) is 5.75 Å². The van der Waals surface area contributed by atoms with Crippen molar-refractivity contribution < 1.29 is 14.3 Å². The molecule has 1 heterocycles. The fourth-order valence-electron chi connectivity index (χ4n) is 2.27. The summed E-state index contributed by atoms with van der Waals surface area (Å²) in [4.78, 5) is 24.0. The lowest BCUT2D eigenvalue weighted by Crippen LogP contribution is -2.42. The summed E-state index contributed by atoms with van der Waals surface area (Å²) in [7, 11) is 1.77. The fourth-order valence-corrected chi connectivity index (χ4v) is 3.31. The van der Waals surface area contributed by atoms with Crippen molar-refractivity contribution in [2.24, 2.45) is 7.05 Å². The number of nitrogens with zero attached hydrogens (tertiary/aromatic N) is 3. The molecule has 0 radical (unpaired) electrons. The van der Waals surface area contributed by atoms with Gasteiger partial charge in [-0.25, -0.2) is 0 Å². The molecule has 2 aromatic carbocycles. The predicted molar refractivity (Wildman–Crippen MR) is 115 cm³/mol. The van der Waals surface area contributed by atoms with Crippen LogP contribution in [-0.4, -0.2) is 32.3 Å². The second-order valence-electron chi connectivity index (χ2n) is 5.97. The first kappa shape index (κ1) is 21.9. The first-order valence-electron chi connectivity index (χ1n) is 8.67. The van der Waals surface area contributed by atoms with Crippen molar-refractivity contribution in [3.8, 4) is 5.75 Å². The van der Waals surface area contributed by atoms with E-state index in [2.05, 4.69) is 21.0 Å². The highest BCUT2D eigenvalue weighted by Crippen LogP contribution is 2.24. The predicted octanol–water partition coefficient (Wildman–Crippen LogP) is 3.25. The molecule has 0 aliphatic rings. The van der Waals surface area contributed by atoms with E-state index < -0.39 is 5.91 Å². The van der Waals surface area contributed by atoms with E-state index in [-0.39, 0.29) is 18.3 Å². The average molecular weight is 466 g/mol. The van der Waals surface area contributed by atoms with E-state index in [0.29, 0.717) is 32.3 Å². The summed E-state index contributed by atoms with van der Waals surface area (Å²) in [5.41, 5.74) is 5.08. The Kier molecular flexibility index (Phi) is 7.56. The van der Waals surface area contributed by atoms with Gasteiger partial charge in [-0.1, -0.05) is 47.1 Å². The zero-order valence-corrected chi connectivity index (χ0v) is 18.1. The van der Waals surface area contributed by atoms with Gasteiger partial charge in [-0.3, -0.25) is 20.4 Å². The number of thioether (sulfide) groups is 1. The summed E-state index contributed by atoms with van der Waals surface area (Å²) in [5, 5.41) is 9.69. The topological polar surface area (TPSA) is 98.1 Å². The zero-order chi connectivity index (χ0) is 21.5. The number of rotatable bonds is 7. The van der Waals surface area contributed by atoms with Crippen molar-refractivity contribution in [3.63, 3.8) is 0 Å². The van der Waals surface area contributed by atoms with E-state index in [9.17, 15) is 9.59 Å². The summed E-state index contributed by atoms with van der Waals surface area (Å²) in [6, 6.07) is 13.4. The van der Waals surface area contributed by atoms with E-state index in [1.165, 1.54) is 11.8 Å². The maximum atomic E-state index is 12.0. The number of carbonyl (C=O) groups is 2. The molecule has 8 nitrogen and oxygen atoms in total. The molecule has 2 N–H and O–H groups in total. The van der Waals surface area contributed by atoms with Crippen LogP contribution in [0, 0.1) is 0 Å². The van der Waals surface area contributed by atoms with Crippen LogP contribution in [0.5, 0.6) is 5.75 Å². The molecule has 156 valence electrons. The summed E-state index contributed by atoms with van der Waals surface area (Å²) < 4.78 is 7.38. The molecule has 30 heavy (non-hydrogen) atoms. The highest BCUT2D eigenvalue weighted by atomic mass is 35.5. The molecule has 11 heteroatoms. The number of aromatic nitrogens is 3. The maximum absolute atomic E-state index is 12.0. The normalized spacial score (nSPS) is 10.5. The van der Waals surface area contributed by atoms with Crippen molar-refractivity contribution in [1.29, 1.82) is 0 Å². The summed E-state index contributed by atoms with van der Waals surface area (Å²) in [6.45, 7) is 0.178. The van der Waals surface area contributed by atoms with E-state index in [0.717, 1.165) is 0 Å². The molecule has 3 rings (SSSR count). The molecule has 0 spiro atoms. The molecule has 2 amide bonds. The van der Waals surface area contributed by atoms with Crippen LogP contribution in [0.3, 0.4) is 0 Å². The SMILES string of the molecule is Cn1c(COc2ccccc2Cl)nnc1SCC(=O)NNC(=O)c1ccc(Cl)cc1. The number of hydrazine groups is 1. The molecule has 0 unspecified atom stereocenters. The number of nitrogens with one attached hydrogen (secondary N) is 2. The number of para-hydroxylation sites is 1. The molecule has 1 aromatic heterocycles. The molecule has 0 aliphatic carbocycles. The Morgan fingerprint density at radius 1 is 1.07 bits per heavy atom. The molecule has 0 aliphatic heterocycles. The molecular formula is C19H17Cl2N5O3S. The van der Waals surface area contributed by atoms with Gasteiger partial charge in [-0.05, 0) is 36.4 Å². The lowest BCUT2D eigenvalue weighted by atomic mass is 10.2. The van der Waals surface area contributed by atoms with Crippen molar-refractivity contribution in [1.82, 2.24) is 25.6 Å². The second-order valence-corrected chi connectivity index (χ2v) is 7.76. The lowest BCUT2D eigenvalue weighted by molar-refractivity contribution is -0.119. The Bertz CT molecular complexity index is 1040. The highest BCUT2D eigenvalue weighted by molar-refractivity contribution is 7.99. The number of carbonyl (C=O) groups excluding carboxylic acids is 2. The van der Waals surface area contributed by atoms with Gasteiger partial charge in [0.15, 0.2) is 11.0 Å². The minimum atomic E-state index is -0.442. The molecule has 0 saturated heterocycles. The zero-order valence-electron chi connectivity index (χ0n) is 15.8. The maximum Gasteiger partial charge on any atom is 0.269 e. The molecule has 0 fully saturated rings. The number of benzene rings is 2. The van der Waals surface area contributed by atoms with Crippen molar-refractivity contribution in [2.45, 2.75) is 11.8 Å². The van der Waals surface area contributed by atoms with Crippen LogP contribution in [-0.2, 0) is 18.4 Å². The van der Waals surface area contributed by atoms with E-state index >= 15 is 0 Å². The van der Waals surface area contributed by atoms with Crippen LogP contribution in [0.25, 0.3) is 0 Å². The fraction of sp³-hybridized carbons (Fsp3) is 0.158. The van der Waals surface area contributed by atoms with Crippen molar-refractivity contribution in [3.05, 3.63) is 70.0 Å². The monoisotopic (exact) mass is 465 g/mol. The van der Waals surface area contributed by atoms with E-state index in [1.54, 1.807) is 48.0 Å². The minimum Gasteiger partial charge on any atom is -0.484 e. The molecule has 0 saturated carbocycles. The van der Waals surface area contributed by atoms with Gasteiger partial charge in [0.1, 0.15) is 12.4 Å². The van der Waals surface area contributed by atoms with Crippen LogP contribution >= 0.6 is 35.0 Å². The van der Waals surface area contributed by atoms with E-state index in [4.69, 9.17) is 27.9 Å². The third-order valence-electron chi connectivity index (χ3n) is 3.87. The first-order valence-corrected chi connectivity index (χ1v) is 10.4. The molecular weight excluding hydrogens is 449 g/mol. The smallest absolute Gasteiger partial charge is 0.269 e. The highest BCUT2D eigenvalue weighted by Gasteiger charge is 2.13. The quantitative estimate of drug-likeness (QED) is 0.410. The Hall–Kier alpha value is -2.75. The number of hydrogen-bond donors (Lipinski definition) is 2. The summed E-state index contributed by atoms with van der Waals surface area (Å²) in [6.07, 6.45) is 0. The van der Waals surface area contributed by atoms with Crippen LogP contribution < -0.4 is 15.6 Å². The Morgan fingerprint density at radius 2 is 1.80 bits per heavy atom. The Morgan fingerprint density at radius 3 is 2.53 bits per heavy atom. The van der Waals surface area contributed by atoms with Crippen LogP contribution in [0.15, 0.2) is 53.7 Å². The van der Waals surface area contributed by atoms with Crippen LogP contribution in [0.4, 0.5) is 0 Å². The van der Waals surface area contributed by atoms with Crippen LogP contribution in [0.2, 0.25) is 10.0 Å². The van der Waals surface area contributed by atoms with Gasteiger partial charge >= 0.3 is 0 Å². The van der Waals surface area contributed by atoms with Gasteiger partial charge in [0.05, 0.1) is 10.8 Å². The van der Waals surface area contributed by atoms with Gasteiger partial charge < -0.3 is 9.30 Å². The largest absolute Gasteiger partial charge is 0.484 e. The van der Waals surface area contributed by atoms with Crippen LogP contribution in [0.1, 0.15) is 16.2 Å². The average Bonchev–Trinajstić information content (AvgIpc) is 3.10. The lowest BCUT2D eigenvalue weighted by Gasteiger charge is -2.08. The van der Waals surface area contributed by atoms with Gasteiger partial charge in [0.25, 0.3) is 5.91 Å². The Balaban J connectivity index is 1.46. The number of amides is 2. The summed E-state index contributed by atoms with van der Waals surface area (Å²) in [5.74, 6) is 0.334. The number of ether oxygens (including phenoxy) is 1. The van der Waals surface area contributed by atoms with Gasteiger partial charge in [-0.15, -0.1) is 10.2 Å².